The van der Waals surface area contributed by atoms with E-state index < -0.39 is 0 Å². The molecule has 3 N–H and O–H groups in total. The van der Waals surface area contributed by atoms with Gasteiger partial charge in [0.2, 0.25) is 0 Å². The second kappa shape index (κ2) is 7.90. The van der Waals surface area contributed by atoms with Gasteiger partial charge in [-0.2, -0.15) is 0 Å². The molecule has 4 nitrogen and oxygen atoms in total. The third-order valence-electron chi connectivity index (χ3n) is 2.98. The van der Waals surface area contributed by atoms with E-state index in [2.05, 4.69) is 67.4 Å². The molecule has 0 bridgehead atoms. The van der Waals surface area contributed by atoms with Crippen LogP contribution >= 0.6 is 0 Å². The van der Waals surface area contributed by atoms with Gasteiger partial charge in [0.1, 0.15) is 0 Å². The Labute approximate surface area is 123 Å². The van der Waals surface area contributed by atoms with Gasteiger partial charge in [-0.1, -0.05) is 44.2 Å². The minimum Gasteiger partial charge on any atom is -0.370 e. The van der Waals surface area contributed by atoms with E-state index in [-0.39, 0.29) is 5.41 Å². The Balaban J connectivity index is 2.31. The lowest BCUT2D eigenvalue weighted by molar-refractivity contribution is 0.249. The van der Waals surface area contributed by atoms with Crippen molar-refractivity contribution in [2.75, 3.05) is 33.7 Å². The van der Waals surface area contributed by atoms with Gasteiger partial charge in [-0.15, -0.1) is 0 Å². The van der Waals surface area contributed by atoms with Crippen LogP contribution in [0, 0.1) is 5.41 Å². The molecule has 0 aliphatic carbocycles. The number of hydrogen-bond donors (Lipinski definition) is 2. The van der Waals surface area contributed by atoms with Crippen molar-refractivity contribution in [1.29, 1.82) is 0 Å². The van der Waals surface area contributed by atoms with Crippen LogP contribution in [0.3, 0.4) is 0 Å². The molecule has 0 heterocycles. The van der Waals surface area contributed by atoms with Crippen LogP contribution in [-0.2, 0) is 6.42 Å². The van der Waals surface area contributed by atoms with E-state index in [4.69, 9.17) is 5.73 Å². The zero-order chi connectivity index (χ0) is 15.0. The SMILES string of the molecule is CN(C)CC(C)(C)CN=C(N)NCCc1ccccc1. The molecular formula is C16H28N4. The largest absolute Gasteiger partial charge is 0.370 e. The summed E-state index contributed by atoms with van der Waals surface area (Å²) in [6.45, 7) is 6.94. The maximum atomic E-state index is 5.90. The van der Waals surface area contributed by atoms with Gasteiger partial charge in [-0.3, -0.25) is 4.99 Å². The Morgan fingerprint density at radius 1 is 1.25 bits per heavy atom. The predicted octanol–water partition coefficient (Wildman–Crippen LogP) is 1.72. The fourth-order valence-corrected chi connectivity index (χ4v) is 2.24. The van der Waals surface area contributed by atoms with Crippen LogP contribution in [0.5, 0.6) is 0 Å². The second-order valence-electron chi connectivity index (χ2n) is 6.27. The molecule has 0 saturated heterocycles. The van der Waals surface area contributed by atoms with Gasteiger partial charge in [0.25, 0.3) is 0 Å². The third kappa shape index (κ3) is 7.14. The van der Waals surface area contributed by atoms with Crippen LogP contribution in [0.4, 0.5) is 0 Å². The standard InChI is InChI=1S/C16H28N4/c1-16(2,13-20(3)4)12-19-15(17)18-11-10-14-8-6-5-7-9-14/h5-9H,10-13H2,1-4H3,(H3,17,18,19). The molecule has 0 amide bonds. The van der Waals surface area contributed by atoms with Crippen LogP contribution in [0.15, 0.2) is 35.3 Å². The van der Waals surface area contributed by atoms with E-state index in [0.29, 0.717) is 5.96 Å². The Hall–Kier alpha value is -1.55. The molecule has 20 heavy (non-hydrogen) atoms. The molecule has 0 atom stereocenters. The number of benzene rings is 1. The quantitative estimate of drug-likeness (QED) is 0.589. The molecule has 0 spiro atoms. The summed E-state index contributed by atoms with van der Waals surface area (Å²) in [5, 5.41) is 3.17. The summed E-state index contributed by atoms with van der Waals surface area (Å²) in [5.74, 6) is 0.535. The highest BCUT2D eigenvalue weighted by Gasteiger charge is 2.18. The van der Waals surface area contributed by atoms with E-state index >= 15 is 0 Å². The van der Waals surface area contributed by atoms with E-state index in [0.717, 1.165) is 26.1 Å². The van der Waals surface area contributed by atoms with E-state index in [1.165, 1.54) is 5.56 Å². The van der Waals surface area contributed by atoms with Crippen molar-refractivity contribution in [3.05, 3.63) is 35.9 Å². The highest BCUT2D eigenvalue weighted by Crippen LogP contribution is 2.15. The lowest BCUT2D eigenvalue weighted by atomic mass is 9.93. The molecule has 4 heteroatoms. The molecule has 0 radical (unpaired) electrons. The van der Waals surface area contributed by atoms with Crippen molar-refractivity contribution in [1.82, 2.24) is 10.2 Å². The molecule has 0 aliphatic rings. The zero-order valence-corrected chi connectivity index (χ0v) is 13.2. The Kier molecular flexibility index (Phi) is 6.52. The molecule has 112 valence electrons. The van der Waals surface area contributed by atoms with Gasteiger partial charge in [-0.25, -0.2) is 0 Å². The van der Waals surface area contributed by atoms with Crippen LogP contribution in [0.1, 0.15) is 19.4 Å². The Bertz CT molecular complexity index is 410. The van der Waals surface area contributed by atoms with E-state index in [9.17, 15) is 0 Å². The lowest BCUT2D eigenvalue weighted by Gasteiger charge is -2.26. The predicted molar refractivity (Wildman–Crippen MR) is 87.0 cm³/mol. The fourth-order valence-electron chi connectivity index (χ4n) is 2.24. The molecule has 0 aromatic heterocycles. The van der Waals surface area contributed by atoms with Gasteiger partial charge < -0.3 is 16.0 Å². The molecular weight excluding hydrogens is 248 g/mol. The summed E-state index contributed by atoms with van der Waals surface area (Å²) in [6.07, 6.45) is 0.956. The molecule has 0 saturated carbocycles. The van der Waals surface area contributed by atoms with Crippen LogP contribution in [0.25, 0.3) is 0 Å². The van der Waals surface area contributed by atoms with Crippen molar-refractivity contribution in [2.24, 2.45) is 16.1 Å². The van der Waals surface area contributed by atoms with Crippen molar-refractivity contribution in [2.45, 2.75) is 20.3 Å². The average molecular weight is 276 g/mol. The first-order valence-electron chi connectivity index (χ1n) is 7.11. The zero-order valence-electron chi connectivity index (χ0n) is 13.2. The van der Waals surface area contributed by atoms with Crippen molar-refractivity contribution in [3.63, 3.8) is 0 Å². The van der Waals surface area contributed by atoms with Crippen LogP contribution in [-0.4, -0.2) is 44.6 Å². The van der Waals surface area contributed by atoms with Crippen molar-refractivity contribution < 1.29 is 0 Å². The molecule has 1 aromatic carbocycles. The highest BCUT2D eigenvalue weighted by molar-refractivity contribution is 5.77. The number of rotatable bonds is 7. The van der Waals surface area contributed by atoms with Gasteiger partial charge in [0.05, 0.1) is 0 Å². The number of nitrogens with one attached hydrogen (secondary N) is 1. The summed E-state index contributed by atoms with van der Waals surface area (Å²) in [4.78, 5) is 6.61. The van der Waals surface area contributed by atoms with Gasteiger partial charge in [0, 0.05) is 19.6 Å². The van der Waals surface area contributed by atoms with Gasteiger partial charge in [-0.05, 0) is 31.5 Å². The topological polar surface area (TPSA) is 53.6 Å². The highest BCUT2D eigenvalue weighted by atomic mass is 15.1. The first-order chi connectivity index (χ1) is 9.39. The molecule has 1 aromatic rings. The number of hydrogen-bond acceptors (Lipinski definition) is 2. The summed E-state index contributed by atoms with van der Waals surface area (Å²) in [7, 11) is 4.15. The second-order valence-corrected chi connectivity index (χ2v) is 6.27. The summed E-state index contributed by atoms with van der Waals surface area (Å²) < 4.78 is 0. The summed E-state index contributed by atoms with van der Waals surface area (Å²) in [6, 6.07) is 10.4. The molecule has 0 unspecified atom stereocenters. The Morgan fingerprint density at radius 2 is 1.90 bits per heavy atom. The molecule has 0 fully saturated rings. The van der Waals surface area contributed by atoms with Gasteiger partial charge >= 0.3 is 0 Å². The molecule has 0 aliphatic heterocycles. The van der Waals surface area contributed by atoms with Crippen molar-refractivity contribution >= 4 is 5.96 Å². The average Bonchev–Trinajstić information content (AvgIpc) is 2.36. The molecule has 1 rings (SSSR count). The number of guanidine groups is 1. The number of aliphatic imine (C=N–C) groups is 1. The van der Waals surface area contributed by atoms with Gasteiger partial charge in [0.15, 0.2) is 5.96 Å². The van der Waals surface area contributed by atoms with Crippen LogP contribution in [0.2, 0.25) is 0 Å². The van der Waals surface area contributed by atoms with Crippen LogP contribution < -0.4 is 11.1 Å². The minimum absolute atomic E-state index is 0.134. The maximum absolute atomic E-state index is 5.90. The maximum Gasteiger partial charge on any atom is 0.188 e. The third-order valence-corrected chi connectivity index (χ3v) is 2.98. The minimum atomic E-state index is 0.134. The Morgan fingerprint density at radius 3 is 2.50 bits per heavy atom. The van der Waals surface area contributed by atoms with E-state index in [1.807, 2.05) is 6.07 Å². The first kappa shape index (κ1) is 16.5. The number of nitrogens with zero attached hydrogens (tertiary/aromatic N) is 2. The first-order valence-corrected chi connectivity index (χ1v) is 7.11. The monoisotopic (exact) mass is 276 g/mol. The van der Waals surface area contributed by atoms with E-state index in [1.54, 1.807) is 0 Å². The summed E-state index contributed by atoms with van der Waals surface area (Å²) in [5.41, 5.74) is 7.34. The fraction of sp³-hybridized carbons (Fsp3) is 0.562. The lowest BCUT2D eigenvalue weighted by Crippen LogP contribution is -2.36. The van der Waals surface area contributed by atoms with Crippen molar-refractivity contribution in [3.8, 4) is 0 Å². The normalized spacial score (nSPS) is 12.8. The number of nitrogens with two attached hydrogens (primary N) is 1. The summed E-state index contributed by atoms with van der Waals surface area (Å²) >= 11 is 0. The smallest absolute Gasteiger partial charge is 0.188 e.